The number of esters is 3. The number of ether oxygens (including phenoxy) is 2. The number of amides is 1. The molecule has 0 aliphatic rings. The molecule has 0 aliphatic carbocycles. The average Bonchev–Trinajstić information content (AvgIpc) is 3.23. The fourth-order valence-corrected chi connectivity index (χ4v) is 4.63. The number of halogens is 8. The minimum Gasteiger partial charge on any atom is -1.00 e. The molecule has 1 amide bonds. The number of hydrogen-bond donors (Lipinski definition) is 2. The summed E-state index contributed by atoms with van der Waals surface area (Å²) in [6.45, 7) is 9.34. The monoisotopic (exact) mass is 1030 g/mol. The Balaban J connectivity index is -0.000000166. The van der Waals surface area contributed by atoms with Crippen molar-refractivity contribution in [2.45, 2.75) is 65.2 Å². The Morgan fingerprint density at radius 2 is 1.09 bits per heavy atom. The Kier molecular flexibility index (Phi) is 50.9. The van der Waals surface area contributed by atoms with Crippen LogP contribution < -0.4 is 58.3 Å². The molecule has 14 nitrogen and oxygen atoms in total. The number of ketones is 3. The van der Waals surface area contributed by atoms with Crippen molar-refractivity contribution in [1.82, 2.24) is 5.32 Å². The first-order valence-electron chi connectivity index (χ1n) is 18.0. The number of benzene rings is 3. The summed E-state index contributed by atoms with van der Waals surface area (Å²) in [5, 5.41) is 11.0. The Morgan fingerprint density at radius 3 is 1.35 bits per heavy atom. The predicted molar refractivity (Wildman–Crippen MR) is 232 cm³/mol. The Hall–Kier alpha value is -3.75. The molecule has 0 heterocycles. The van der Waals surface area contributed by atoms with E-state index in [0.717, 1.165) is 16.7 Å². The van der Waals surface area contributed by atoms with Crippen LogP contribution in [0.1, 0.15) is 44.4 Å². The van der Waals surface area contributed by atoms with E-state index in [2.05, 4.69) is 26.6 Å². The molecule has 0 bridgehead atoms. The molecule has 3 atom stereocenters. The third-order valence-electron chi connectivity index (χ3n) is 6.79. The molecule has 0 saturated carbocycles. The molecular weight excluding hydrogens is 982 g/mol. The Bertz CT molecular complexity index is 1700. The van der Waals surface area contributed by atoms with Gasteiger partial charge in [0.25, 0.3) is 6.47 Å². The van der Waals surface area contributed by atoms with E-state index in [0.29, 0.717) is 32.8 Å². The van der Waals surface area contributed by atoms with Crippen molar-refractivity contribution in [2.75, 3.05) is 24.2 Å². The molecule has 0 fully saturated rings. The summed E-state index contributed by atoms with van der Waals surface area (Å²) in [6, 6.07) is 28.0. The number of rotatable bonds is 15. The second-order valence-corrected chi connectivity index (χ2v) is 12.7. The first-order valence-corrected chi connectivity index (χ1v) is 19.6. The summed E-state index contributed by atoms with van der Waals surface area (Å²) in [6.07, 6.45) is -3.38. The third-order valence-corrected chi connectivity index (χ3v) is 7.58. The molecule has 3 aromatic carbocycles. The minimum atomic E-state index is -5.09. The van der Waals surface area contributed by atoms with Gasteiger partial charge in [-0.3, -0.25) is 33.6 Å². The van der Waals surface area contributed by atoms with Crippen molar-refractivity contribution < 1.29 is 113 Å². The van der Waals surface area contributed by atoms with Gasteiger partial charge in [-0.15, -0.1) is 47.2 Å². The fraction of sp³-hybridized carbons (Fsp3) is 0.357. The summed E-state index contributed by atoms with van der Waals surface area (Å²) in [7, 11) is 0. The quantitative estimate of drug-likeness (QED) is 0.0286. The van der Waals surface area contributed by atoms with Gasteiger partial charge in [0.15, 0.2) is 23.3 Å². The van der Waals surface area contributed by atoms with E-state index in [9.17, 15) is 46.7 Å². The van der Waals surface area contributed by atoms with Gasteiger partial charge in [-0.05, 0) is 36.5 Å². The molecule has 0 spiro atoms. The number of nitrogens with one attached hydrogen (secondary N) is 1. The summed E-state index contributed by atoms with van der Waals surface area (Å²) in [4.78, 5) is 85.2. The topological polar surface area (TPSA) is 225 Å². The van der Waals surface area contributed by atoms with Gasteiger partial charge in [0.1, 0.15) is 0 Å². The zero-order valence-corrected chi connectivity index (χ0v) is 42.0. The van der Waals surface area contributed by atoms with Crippen molar-refractivity contribution in [3.8, 4) is 0 Å². The van der Waals surface area contributed by atoms with E-state index in [1.165, 1.54) is 13.8 Å². The first kappa shape index (κ1) is 72.8. The summed E-state index contributed by atoms with van der Waals surface area (Å²) in [5.74, 6) is -4.72. The molecule has 3 rings (SSSR count). The van der Waals surface area contributed by atoms with Gasteiger partial charge in [-0.2, -0.15) is 13.2 Å². The van der Waals surface area contributed by atoms with Crippen LogP contribution in [0.3, 0.4) is 0 Å². The van der Waals surface area contributed by atoms with Gasteiger partial charge in [0.2, 0.25) is 5.91 Å². The predicted octanol–water partition coefficient (Wildman–Crippen LogP) is -0.534. The number of Topliss-reactive ketones (excluding diaryl/α,β-unsaturated/α-hetero) is 3. The second kappa shape index (κ2) is 45.4. The summed E-state index contributed by atoms with van der Waals surface area (Å²) in [5.41, 5.74) is 8.81. The van der Waals surface area contributed by atoms with Crippen molar-refractivity contribution in [1.29, 1.82) is 0 Å². The van der Waals surface area contributed by atoms with Crippen LogP contribution in [0, 0.1) is 12.8 Å². The standard InChI is InChI=1S/C12H14ClNO2.C11H12ClO.C10H12ClNO.C4H3F3O3.C4H8O2.CH2O3.2ClH.Na/c1-9(15)14-11(12(16)8-13)7-10-5-3-2-4-6-10;1-9(11(13)8-12)7-10-5-3-2-4-6-10;11-7-10(13)9(12)6-8-4-2-1-3-5-8;1-2(8)10-3(9)4(5,6)7;1-3-6-4(2)5;2-1-4-3;;;/h2-6,11H,7-8H2,1H3,(H,14,15);2-6,9H,1,7-8H2;1-5,9H,6-7,12H2;1H3;3H2,1-2H3;1,3H;2*1H;/q;+1;;;;;;;+1/p-2/t11-;2*9-;;;;;;/m000....../s1. The van der Waals surface area contributed by atoms with Crippen molar-refractivity contribution in [3.05, 3.63) is 115 Å². The van der Waals surface area contributed by atoms with Crippen LogP contribution >= 0.6 is 47.2 Å². The van der Waals surface area contributed by atoms with E-state index < -0.39 is 30.2 Å². The maximum atomic E-state index is 11.5. The van der Waals surface area contributed by atoms with Crippen LogP contribution in [-0.4, -0.2) is 90.1 Å². The molecule has 358 valence electrons. The summed E-state index contributed by atoms with van der Waals surface area (Å²) < 4.78 is 41.2. The molecule has 0 aliphatic heterocycles. The Morgan fingerprint density at radius 1 is 0.723 bits per heavy atom. The number of carbonyl (C=O) groups excluding carboxylic acids is 8. The van der Waals surface area contributed by atoms with E-state index >= 15 is 0 Å². The molecule has 3 aromatic rings. The molecule has 0 unspecified atom stereocenters. The van der Waals surface area contributed by atoms with Gasteiger partial charge < -0.3 is 43.1 Å². The SMILES string of the molecule is CC(=O)N[C@@H](Cc1ccccc1)C(=O)CCl.CC(=O)OC(=O)C(F)(F)F.CCOC(C)=O.Cl.N[C@@H](Cc1ccccc1)C(=O)CCl.O=CO[O-].[CH2+][C@@H](Cc1ccccc1)C(=O)CCl.[Cl-].[Na+]. The molecule has 3 N–H and O–H groups in total. The van der Waals surface area contributed by atoms with Gasteiger partial charge in [-0.1, -0.05) is 91.0 Å². The maximum absolute atomic E-state index is 11.5. The normalized spacial score (nSPS) is 10.6. The average molecular weight is 1030 g/mol. The van der Waals surface area contributed by atoms with Crippen LogP contribution in [-0.2, 0) is 72.0 Å². The third kappa shape index (κ3) is 43.9. The molecule has 0 saturated heterocycles. The van der Waals surface area contributed by atoms with Gasteiger partial charge in [-0.25, -0.2) is 4.79 Å². The Labute approximate surface area is 426 Å². The van der Waals surface area contributed by atoms with Crippen molar-refractivity contribution >= 4 is 94.8 Å². The molecule has 0 aromatic heterocycles. The zero-order valence-electron chi connectivity index (χ0n) is 36.2. The van der Waals surface area contributed by atoms with Gasteiger partial charge in [0, 0.05) is 27.2 Å². The number of alkyl halides is 6. The van der Waals surface area contributed by atoms with Crippen LogP contribution in [0.5, 0.6) is 0 Å². The maximum Gasteiger partial charge on any atom is 1.00 e. The second-order valence-electron chi connectivity index (χ2n) is 11.9. The van der Waals surface area contributed by atoms with E-state index in [1.54, 1.807) is 6.92 Å². The zero-order chi connectivity index (χ0) is 48.1. The van der Waals surface area contributed by atoms with Crippen molar-refractivity contribution in [3.63, 3.8) is 0 Å². The van der Waals surface area contributed by atoms with Crippen LogP contribution in [0.25, 0.3) is 0 Å². The fourth-order valence-electron chi connectivity index (χ4n) is 4.03. The van der Waals surface area contributed by atoms with E-state index in [1.807, 2.05) is 91.0 Å². The number of nitrogens with two attached hydrogens (primary N) is 1. The first-order chi connectivity index (χ1) is 29.1. The van der Waals surface area contributed by atoms with Crippen LogP contribution in [0.15, 0.2) is 91.0 Å². The van der Waals surface area contributed by atoms with E-state index in [-0.39, 0.29) is 114 Å². The molecular formula is C42H51Cl5F3N2NaO12. The van der Waals surface area contributed by atoms with Crippen molar-refractivity contribution in [2.24, 2.45) is 11.7 Å². The number of hydrogen-bond acceptors (Lipinski definition) is 13. The van der Waals surface area contributed by atoms with Gasteiger partial charge in [0.05, 0.1) is 43.3 Å². The molecule has 23 heteroatoms. The smallest absolute Gasteiger partial charge is 1.00 e. The summed E-state index contributed by atoms with van der Waals surface area (Å²) >= 11 is 16.3. The minimum absolute atomic E-state index is 0. The molecule has 65 heavy (non-hydrogen) atoms. The van der Waals surface area contributed by atoms with E-state index in [4.69, 9.17) is 50.6 Å². The van der Waals surface area contributed by atoms with Crippen LogP contribution in [0.4, 0.5) is 13.2 Å². The van der Waals surface area contributed by atoms with Crippen LogP contribution in [0.2, 0.25) is 0 Å². The van der Waals surface area contributed by atoms with Gasteiger partial charge >= 0.3 is 53.6 Å². The molecule has 0 radical (unpaired) electrons. The number of carbonyl (C=O) groups is 8. The largest absolute Gasteiger partial charge is 1.00 e.